The molecular formula is C41H47FN2O7. The summed E-state index contributed by atoms with van der Waals surface area (Å²) in [6, 6.07) is 15.9. The minimum absolute atomic E-state index is 0.0423. The first-order chi connectivity index (χ1) is 24.5. The number of fused-ring (bicyclic) bond motifs is 3. The summed E-state index contributed by atoms with van der Waals surface area (Å²) in [7, 11) is 1.36. The number of benzene rings is 3. The van der Waals surface area contributed by atoms with Crippen molar-refractivity contribution in [2.45, 2.75) is 90.4 Å². The van der Waals surface area contributed by atoms with Crippen LogP contribution in [-0.2, 0) is 25.7 Å². The molecule has 9 nitrogen and oxygen atoms in total. The summed E-state index contributed by atoms with van der Waals surface area (Å²) >= 11 is 0. The van der Waals surface area contributed by atoms with Crippen LogP contribution in [0.5, 0.6) is 11.5 Å². The summed E-state index contributed by atoms with van der Waals surface area (Å²) in [5, 5.41) is 8.23. The van der Waals surface area contributed by atoms with E-state index in [0.717, 1.165) is 41.7 Å². The fourth-order valence-electron chi connectivity index (χ4n) is 8.71. The summed E-state index contributed by atoms with van der Waals surface area (Å²) in [5.41, 5.74) is 0.408. The highest BCUT2D eigenvalue weighted by Crippen LogP contribution is 2.47. The molecule has 0 radical (unpaired) electrons. The van der Waals surface area contributed by atoms with Crippen molar-refractivity contribution in [2.24, 2.45) is 28.6 Å². The summed E-state index contributed by atoms with van der Waals surface area (Å²) < 4.78 is 32.7. The number of ether oxygens (including phenoxy) is 3. The van der Waals surface area contributed by atoms with E-state index in [2.05, 4.69) is 17.6 Å². The fourth-order valence-corrected chi connectivity index (χ4v) is 8.71. The number of amides is 2. The van der Waals surface area contributed by atoms with E-state index in [-0.39, 0.29) is 58.8 Å². The largest absolute Gasteiger partial charge is 0.496 e. The Morgan fingerprint density at radius 2 is 1.71 bits per heavy atom. The molecule has 0 unspecified atom stereocenters. The average Bonchev–Trinajstić information content (AvgIpc) is 3.67. The molecule has 2 amide bonds. The third-order valence-electron chi connectivity index (χ3n) is 12.2. The number of rotatable bonds is 11. The van der Waals surface area contributed by atoms with Gasteiger partial charge in [0.15, 0.2) is 11.6 Å². The second-order valence-electron chi connectivity index (χ2n) is 15.8. The summed E-state index contributed by atoms with van der Waals surface area (Å²) in [6.45, 7) is 4.78. The molecule has 0 aromatic heterocycles. The number of ketones is 1. The molecule has 4 saturated carbocycles. The van der Waals surface area contributed by atoms with Gasteiger partial charge in [-0.15, -0.1) is 0 Å². The van der Waals surface area contributed by atoms with Crippen LogP contribution in [0.1, 0.15) is 87.6 Å². The number of methoxy groups -OCH3 is 1. The van der Waals surface area contributed by atoms with Gasteiger partial charge in [0.1, 0.15) is 18.1 Å². The molecule has 3 aromatic carbocycles. The lowest BCUT2D eigenvalue weighted by Crippen LogP contribution is -2.53. The zero-order valence-electron chi connectivity index (χ0n) is 29.6. The van der Waals surface area contributed by atoms with E-state index in [4.69, 9.17) is 14.2 Å². The van der Waals surface area contributed by atoms with Crippen LogP contribution >= 0.6 is 0 Å². The molecule has 4 fully saturated rings. The first kappa shape index (κ1) is 35.0. The molecule has 0 spiro atoms. The number of halogens is 1. The van der Waals surface area contributed by atoms with Crippen LogP contribution < -0.4 is 20.1 Å². The van der Waals surface area contributed by atoms with Gasteiger partial charge < -0.3 is 24.8 Å². The highest BCUT2D eigenvalue weighted by atomic mass is 19.1. The highest BCUT2D eigenvalue weighted by molar-refractivity contribution is 5.99. The van der Waals surface area contributed by atoms with Crippen LogP contribution in [-0.4, -0.2) is 49.4 Å². The van der Waals surface area contributed by atoms with Gasteiger partial charge in [0.05, 0.1) is 30.1 Å². The molecule has 51 heavy (non-hydrogen) atoms. The Morgan fingerprint density at radius 1 is 0.961 bits per heavy atom. The van der Waals surface area contributed by atoms with Gasteiger partial charge in [-0.3, -0.25) is 19.2 Å². The Hall–Kier alpha value is -4.47. The van der Waals surface area contributed by atoms with Crippen molar-refractivity contribution in [3.63, 3.8) is 0 Å². The third kappa shape index (κ3) is 6.94. The first-order valence-electron chi connectivity index (χ1n) is 18.3. The van der Waals surface area contributed by atoms with Gasteiger partial charge in [-0.05, 0) is 85.6 Å². The van der Waals surface area contributed by atoms with Crippen molar-refractivity contribution < 1.29 is 37.8 Å². The van der Waals surface area contributed by atoms with Crippen molar-refractivity contribution in [3.05, 3.63) is 71.5 Å². The van der Waals surface area contributed by atoms with E-state index in [0.29, 0.717) is 45.1 Å². The van der Waals surface area contributed by atoms with Gasteiger partial charge in [-0.1, -0.05) is 55.8 Å². The zero-order valence-corrected chi connectivity index (χ0v) is 29.6. The van der Waals surface area contributed by atoms with E-state index in [1.165, 1.54) is 13.2 Å². The number of hydrogen-bond acceptors (Lipinski definition) is 7. The Kier molecular flexibility index (Phi) is 9.54. The quantitative estimate of drug-likeness (QED) is 0.214. The van der Waals surface area contributed by atoms with E-state index < -0.39 is 35.0 Å². The molecule has 4 atom stereocenters. The maximum Gasteiger partial charge on any atom is 0.312 e. The van der Waals surface area contributed by atoms with Crippen LogP contribution in [0.4, 0.5) is 4.39 Å². The van der Waals surface area contributed by atoms with Crippen molar-refractivity contribution >= 4 is 34.3 Å². The Bertz CT molecular complexity index is 1840. The second kappa shape index (κ2) is 13.9. The van der Waals surface area contributed by atoms with Crippen LogP contribution in [0.2, 0.25) is 0 Å². The fraction of sp³-hybridized carbons (Fsp3) is 0.512. The molecule has 10 heteroatoms. The van der Waals surface area contributed by atoms with Crippen molar-refractivity contribution in [1.29, 1.82) is 0 Å². The first-order valence-corrected chi connectivity index (χ1v) is 18.3. The molecule has 4 aliphatic rings. The molecule has 0 saturated heterocycles. The number of nitrogens with one attached hydrogen (secondary N) is 2. The smallest absolute Gasteiger partial charge is 0.312 e. The normalized spacial score (nSPS) is 27.8. The van der Waals surface area contributed by atoms with E-state index in [9.17, 15) is 19.2 Å². The third-order valence-corrected chi connectivity index (χ3v) is 12.2. The maximum atomic E-state index is 15.3. The minimum Gasteiger partial charge on any atom is -0.496 e. The van der Waals surface area contributed by atoms with E-state index >= 15 is 4.39 Å². The van der Waals surface area contributed by atoms with Crippen LogP contribution in [0.3, 0.4) is 0 Å². The minimum atomic E-state index is -0.700. The van der Waals surface area contributed by atoms with Gasteiger partial charge >= 0.3 is 5.97 Å². The maximum absolute atomic E-state index is 15.3. The van der Waals surface area contributed by atoms with Crippen LogP contribution in [0.25, 0.3) is 10.8 Å². The zero-order chi connectivity index (χ0) is 35.9. The lowest BCUT2D eigenvalue weighted by molar-refractivity contribution is -0.159. The topological polar surface area (TPSA) is 120 Å². The molecule has 7 rings (SSSR count). The SMILES string of the molecule is COc1cc(F)c(OC2CCC(C)(C(=O)OCc3cccc4ccccc34)CC2)cc1C(=O)N[C@@H]1[C@H]2CC(=O)[C@H](C2)[C@@H]1C(=O)NCC1(C)CCC1. The molecule has 3 aromatic rings. The van der Waals surface area contributed by atoms with E-state index in [1.54, 1.807) is 0 Å². The van der Waals surface area contributed by atoms with Crippen molar-refractivity contribution in [2.75, 3.05) is 13.7 Å². The second-order valence-corrected chi connectivity index (χ2v) is 15.8. The lowest BCUT2D eigenvalue weighted by atomic mass is 9.70. The van der Waals surface area contributed by atoms with Gasteiger partial charge in [-0.2, -0.15) is 0 Å². The average molecular weight is 699 g/mol. The standard InChI is InChI=1S/C41H47FN2O7/c1-40(14-7-15-40)23-43-38(47)35-29-18-26(19-32(29)45)36(35)44-37(46)30-20-34(31(42)21-33(30)49-3)51-27-12-16-41(2,17-13-27)39(48)50-22-25-10-6-9-24-8-4-5-11-28(24)25/h4-6,8-11,20-21,26-27,29,35-36H,7,12-19,22-23H2,1-3H3,(H,43,47)(H,44,46)/t26-,27?,29+,35+,36-,41?/m1/s1. The lowest BCUT2D eigenvalue weighted by Gasteiger charge is -2.39. The van der Waals surface area contributed by atoms with Gasteiger partial charge in [0.2, 0.25) is 5.91 Å². The van der Waals surface area contributed by atoms with Gasteiger partial charge in [0.25, 0.3) is 5.91 Å². The van der Waals surface area contributed by atoms with Crippen molar-refractivity contribution in [3.8, 4) is 11.5 Å². The Balaban J connectivity index is 0.985. The predicted molar refractivity (Wildman–Crippen MR) is 189 cm³/mol. The molecule has 0 heterocycles. The highest BCUT2D eigenvalue weighted by Gasteiger charge is 2.56. The summed E-state index contributed by atoms with van der Waals surface area (Å²) in [4.78, 5) is 53.2. The number of carbonyl (C=O) groups excluding carboxylic acids is 4. The Labute approximate surface area is 298 Å². The summed E-state index contributed by atoms with van der Waals surface area (Å²) in [5.74, 6) is -2.84. The summed E-state index contributed by atoms with van der Waals surface area (Å²) in [6.07, 6.45) is 5.77. The Morgan fingerprint density at radius 3 is 2.43 bits per heavy atom. The van der Waals surface area contributed by atoms with Gasteiger partial charge in [-0.25, -0.2) is 4.39 Å². The van der Waals surface area contributed by atoms with E-state index in [1.807, 2.05) is 49.4 Å². The molecule has 4 aliphatic carbocycles. The molecule has 2 bridgehead atoms. The number of carbonyl (C=O) groups is 4. The molecule has 2 N–H and O–H groups in total. The number of esters is 1. The van der Waals surface area contributed by atoms with Gasteiger partial charge in [0, 0.05) is 31.0 Å². The number of hydrogen-bond donors (Lipinski definition) is 2. The van der Waals surface area contributed by atoms with Crippen LogP contribution in [0, 0.1) is 34.4 Å². The number of Topliss-reactive ketones (excluding diaryl/α,β-unsaturated/α-hetero) is 1. The monoisotopic (exact) mass is 698 g/mol. The van der Waals surface area contributed by atoms with Crippen molar-refractivity contribution in [1.82, 2.24) is 10.6 Å². The van der Waals surface area contributed by atoms with Crippen LogP contribution in [0.15, 0.2) is 54.6 Å². The molecular weight excluding hydrogens is 651 g/mol. The molecule has 270 valence electrons. The predicted octanol–water partition coefficient (Wildman–Crippen LogP) is 6.69. The molecule has 0 aliphatic heterocycles.